The normalized spacial score (nSPS) is 22.3. The predicted molar refractivity (Wildman–Crippen MR) is 90.4 cm³/mol. The maximum absolute atomic E-state index is 13.9. The summed E-state index contributed by atoms with van der Waals surface area (Å²) in [6.07, 6.45) is 2.75. The molecule has 3 nitrogen and oxygen atoms in total. The molecule has 0 aliphatic carbocycles. The minimum absolute atomic E-state index is 0.200. The van der Waals surface area contributed by atoms with E-state index < -0.39 is 0 Å². The summed E-state index contributed by atoms with van der Waals surface area (Å²) >= 11 is 7.88. The number of hydrogen-bond acceptors (Lipinski definition) is 2. The van der Waals surface area contributed by atoms with Gasteiger partial charge in [-0.05, 0) is 48.4 Å². The number of nitrogens with zero attached hydrogens (tertiary/aromatic N) is 2. The van der Waals surface area contributed by atoms with Gasteiger partial charge in [-0.15, -0.1) is 11.6 Å². The van der Waals surface area contributed by atoms with Crippen molar-refractivity contribution in [1.29, 1.82) is 0 Å². The smallest absolute Gasteiger partial charge is 0.138 e. The molecule has 1 aromatic heterocycles. The maximum atomic E-state index is 13.9. The third-order valence-electron chi connectivity index (χ3n) is 3.98. The average molecular weight is 423 g/mol. The van der Waals surface area contributed by atoms with Gasteiger partial charge in [-0.2, -0.15) is 0 Å². The van der Waals surface area contributed by atoms with Crippen LogP contribution in [0.1, 0.15) is 25.6 Å². The largest absolute Gasteiger partial charge is 0.373 e. The average Bonchev–Trinajstić information content (AvgIpc) is 2.98. The molecule has 2 aromatic rings. The summed E-state index contributed by atoms with van der Waals surface area (Å²) in [5.41, 5.74) is 1.45. The monoisotopic (exact) mass is 422 g/mol. The van der Waals surface area contributed by atoms with Gasteiger partial charge in [0, 0.05) is 25.0 Å². The molecule has 114 valence electrons. The minimum atomic E-state index is -0.209. The SMILES string of the molecule is CC1(Cn2c(CCCl)nc3cc(I)c(F)cc32)CCCO1. The molecule has 3 rings (SSSR count). The number of rotatable bonds is 4. The van der Waals surface area contributed by atoms with Crippen LogP contribution < -0.4 is 0 Å². The number of halogens is 3. The Morgan fingerprint density at radius 3 is 3.00 bits per heavy atom. The molecule has 2 heterocycles. The third-order valence-corrected chi connectivity index (χ3v) is 5.00. The van der Waals surface area contributed by atoms with Gasteiger partial charge in [0.2, 0.25) is 0 Å². The molecule has 1 fully saturated rings. The van der Waals surface area contributed by atoms with E-state index in [1.54, 1.807) is 12.1 Å². The molecule has 1 saturated heterocycles. The van der Waals surface area contributed by atoms with Crippen molar-refractivity contribution in [2.24, 2.45) is 0 Å². The second-order valence-corrected chi connectivity index (χ2v) is 7.25. The lowest BCUT2D eigenvalue weighted by Gasteiger charge is -2.25. The molecule has 1 aromatic carbocycles. The molecule has 0 saturated carbocycles. The molecule has 0 bridgehead atoms. The molecule has 1 atom stereocenters. The van der Waals surface area contributed by atoms with Gasteiger partial charge in [0.05, 0.1) is 26.7 Å². The lowest BCUT2D eigenvalue weighted by atomic mass is 10.0. The van der Waals surface area contributed by atoms with Crippen LogP contribution in [0.2, 0.25) is 0 Å². The molecule has 0 amide bonds. The number of imidazole rings is 1. The van der Waals surface area contributed by atoms with E-state index in [1.165, 1.54) is 0 Å². The molecule has 6 heteroatoms. The van der Waals surface area contributed by atoms with E-state index in [0.717, 1.165) is 36.3 Å². The Hall–Kier alpha value is -0.400. The second kappa shape index (κ2) is 6.01. The van der Waals surface area contributed by atoms with Crippen molar-refractivity contribution in [1.82, 2.24) is 9.55 Å². The van der Waals surface area contributed by atoms with Crippen LogP contribution in [-0.4, -0.2) is 27.6 Å². The van der Waals surface area contributed by atoms with Gasteiger partial charge in [0.15, 0.2) is 0 Å². The van der Waals surface area contributed by atoms with E-state index in [0.29, 0.717) is 22.4 Å². The van der Waals surface area contributed by atoms with Crippen LogP contribution in [0.5, 0.6) is 0 Å². The molecule has 0 radical (unpaired) electrons. The number of hydrogen-bond donors (Lipinski definition) is 0. The van der Waals surface area contributed by atoms with Crippen molar-refractivity contribution in [2.45, 2.75) is 38.3 Å². The lowest BCUT2D eigenvalue weighted by molar-refractivity contribution is 0.00652. The van der Waals surface area contributed by atoms with E-state index in [9.17, 15) is 4.39 Å². The van der Waals surface area contributed by atoms with Crippen molar-refractivity contribution in [3.05, 3.63) is 27.3 Å². The molecule has 0 spiro atoms. The van der Waals surface area contributed by atoms with Crippen LogP contribution in [0.25, 0.3) is 11.0 Å². The Morgan fingerprint density at radius 2 is 2.33 bits per heavy atom. The summed E-state index contributed by atoms with van der Waals surface area (Å²) in [5.74, 6) is 1.19. The first kappa shape index (κ1) is 15.5. The number of aromatic nitrogens is 2. The Balaban J connectivity index is 2.08. The topological polar surface area (TPSA) is 27.1 Å². The maximum Gasteiger partial charge on any atom is 0.138 e. The van der Waals surface area contributed by atoms with Gasteiger partial charge >= 0.3 is 0 Å². The highest BCUT2D eigenvalue weighted by Crippen LogP contribution is 2.30. The van der Waals surface area contributed by atoms with Gasteiger partial charge in [-0.1, -0.05) is 0 Å². The van der Waals surface area contributed by atoms with Crippen molar-refractivity contribution in [2.75, 3.05) is 12.5 Å². The standard InChI is InChI=1S/C15H17ClFIN2O/c1-15(4-2-6-21-15)9-20-13-7-10(17)11(18)8-12(13)19-14(20)3-5-16/h7-8H,2-6,9H2,1H3. The molecule has 1 aliphatic rings. The molecule has 1 unspecified atom stereocenters. The van der Waals surface area contributed by atoms with Crippen LogP contribution in [0.4, 0.5) is 4.39 Å². The van der Waals surface area contributed by atoms with Gasteiger partial charge in [-0.25, -0.2) is 9.37 Å². The Morgan fingerprint density at radius 1 is 1.52 bits per heavy atom. The first-order valence-corrected chi connectivity index (χ1v) is 8.68. The summed E-state index contributed by atoms with van der Waals surface area (Å²) in [5, 5.41) is 0. The summed E-state index contributed by atoms with van der Waals surface area (Å²) in [4.78, 5) is 4.63. The van der Waals surface area contributed by atoms with E-state index in [4.69, 9.17) is 16.3 Å². The summed E-state index contributed by atoms with van der Waals surface area (Å²) in [7, 11) is 0. The van der Waals surface area contributed by atoms with Crippen LogP contribution in [0, 0.1) is 9.39 Å². The highest BCUT2D eigenvalue weighted by Gasteiger charge is 2.31. The van der Waals surface area contributed by atoms with Gasteiger partial charge in [0.25, 0.3) is 0 Å². The number of benzene rings is 1. The first-order chi connectivity index (χ1) is 10.0. The highest BCUT2D eigenvalue weighted by molar-refractivity contribution is 14.1. The van der Waals surface area contributed by atoms with E-state index in [1.807, 2.05) is 22.6 Å². The van der Waals surface area contributed by atoms with E-state index in [-0.39, 0.29) is 11.4 Å². The Labute approximate surface area is 142 Å². The van der Waals surface area contributed by atoms with E-state index >= 15 is 0 Å². The van der Waals surface area contributed by atoms with Gasteiger partial charge in [0.1, 0.15) is 11.6 Å². The van der Waals surface area contributed by atoms with Crippen LogP contribution in [0.3, 0.4) is 0 Å². The quantitative estimate of drug-likeness (QED) is 0.547. The zero-order valence-corrected chi connectivity index (χ0v) is 14.7. The number of aryl methyl sites for hydroxylation is 1. The highest BCUT2D eigenvalue weighted by atomic mass is 127. The molecule has 1 aliphatic heterocycles. The second-order valence-electron chi connectivity index (χ2n) is 5.71. The molecule has 0 N–H and O–H groups in total. The fourth-order valence-electron chi connectivity index (χ4n) is 2.92. The fourth-order valence-corrected chi connectivity index (χ4v) is 3.54. The summed E-state index contributed by atoms with van der Waals surface area (Å²) in [6.45, 7) is 3.59. The van der Waals surface area contributed by atoms with Gasteiger partial charge in [-0.3, -0.25) is 0 Å². The van der Waals surface area contributed by atoms with Crippen LogP contribution in [-0.2, 0) is 17.7 Å². The van der Waals surface area contributed by atoms with Crippen molar-refractivity contribution < 1.29 is 9.13 Å². The number of alkyl halides is 1. The summed E-state index contributed by atoms with van der Waals surface area (Å²) < 4.78 is 22.5. The Kier molecular flexibility index (Phi) is 4.43. The van der Waals surface area contributed by atoms with E-state index in [2.05, 4.69) is 16.5 Å². The van der Waals surface area contributed by atoms with Gasteiger partial charge < -0.3 is 9.30 Å². The zero-order chi connectivity index (χ0) is 15.0. The fraction of sp³-hybridized carbons (Fsp3) is 0.533. The number of fused-ring (bicyclic) bond motifs is 1. The molecular formula is C15H17ClFIN2O. The third kappa shape index (κ3) is 3.05. The predicted octanol–water partition coefficient (Wildman–Crippen LogP) is 4.13. The molecular weight excluding hydrogens is 406 g/mol. The molecule has 21 heavy (non-hydrogen) atoms. The summed E-state index contributed by atoms with van der Waals surface area (Å²) in [6, 6.07) is 3.36. The van der Waals surface area contributed by atoms with Crippen molar-refractivity contribution in [3.63, 3.8) is 0 Å². The number of ether oxygens (including phenoxy) is 1. The lowest BCUT2D eigenvalue weighted by Crippen LogP contribution is -2.30. The minimum Gasteiger partial charge on any atom is -0.373 e. The van der Waals surface area contributed by atoms with Crippen LogP contribution in [0.15, 0.2) is 12.1 Å². The van der Waals surface area contributed by atoms with Crippen molar-refractivity contribution in [3.8, 4) is 0 Å². The zero-order valence-electron chi connectivity index (χ0n) is 11.8. The first-order valence-electron chi connectivity index (χ1n) is 7.06. The van der Waals surface area contributed by atoms with Crippen LogP contribution >= 0.6 is 34.2 Å². The van der Waals surface area contributed by atoms with Crippen molar-refractivity contribution >= 4 is 45.2 Å². The Bertz CT molecular complexity index is 667.